The minimum atomic E-state index is -0.204. The molecule has 2 heterocycles. The predicted octanol–water partition coefficient (Wildman–Crippen LogP) is 4.92. The van der Waals surface area contributed by atoms with Crippen molar-refractivity contribution in [1.82, 2.24) is 10.2 Å². The minimum Gasteiger partial charge on any atom is -0.342 e. The van der Waals surface area contributed by atoms with Crippen LogP contribution in [0.1, 0.15) is 87.5 Å². The van der Waals surface area contributed by atoms with Gasteiger partial charge in [0.15, 0.2) is 0 Å². The fourth-order valence-electron chi connectivity index (χ4n) is 4.27. The molecule has 0 aromatic rings. The summed E-state index contributed by atoms with van der Waals surface area (Å²) in [6, 6.07) is 0. The van der Waals surface area contributed by atoms with Gasteiger partial charge in [0.05, 0.1) is 0 Å². The van der Waals surface area contributed by atoms with E-state index in [-0.39, 0.29) is 17.1 Å². The average molecular weight is 383 g/mol. The summed E-state index contributed by atoms with van der Waals surface area (Å²) in [5.74, 6) is 1.97. The molecule has 27 heavy (non-hydrogen) atoms. The first kappa shape index (κ1) is 26.1. The second-order valence-electron chi connectivity index (χ2n) is 7.93. The number of carbonyl (C=O) groups is 2. The smallest absolute Gasteiger partial charge is 0.226 e. The van der Waals surface area contributed by atoms with Crippen LogP contribution < -0.4 is 5.32 Å². The molecule has 0 spiro atoms. The number of hydrogen-bond acceptors (Lipinski definition) is 3. The Labute approximate surface area is 168 Å². The van der Waals surface area contributed by atoms with Gasteiger partial charge in [0, 0.05) is 24.4 Å². The zero-order valence-corrected chi connectivity index (χ0v) is 19.4. The van der Waals surface area contributed by atoms with Crippen molar-refractivity contribution >= 4 is 11.7 Å². The van der Waals surface area contributed by atoms with Gasteiger partial charge in [-0.3, -0.25) is 9.59 Å². The lowest BCUT2D eigenvalue weighted by molar-refractivity contribution is -0.143. The molecule has 1 N–H and O–H groups in total. The summed E-state index contributed by atoms with van der Waals surface area (Å²) < 4.78 is 0. The first-order valence-corrected chi connectivity index (χ1v) is 11.4. The summed E-state index contributed by atoms with van der Waals surface area (Å²) in [6.45, 7) is 19.5. The van der Waals surface area contributed by atoms with Crippen LogP contribution in [0.4, 0.5) is 0 Å². The van der Waals surface area contributed by atoms with Crippen LogP contribution in [0.25, 0.3) is 0 Å². The number of hydrogen-bond donors (Lipinski definition) is 1. The van der Waals surface area contributed by atoms with E-state index in [0.717, 1.165) is 39.0 Å². The number of likely N-dealkylation sites (tertiary alicyclic amines) is 1. The maximum atomic E-state index is 12.8. The maximum absolute atomic E-state index is 12.8. The van der Waals surface area contributed by atoms with E-state index >= 15 is 0 Å². The third-order valence-corrected chi connectivity index (χ3v) is 6.05. The van der Waals surface area contributed by atoms with E-state index in [2.05, 4.69) is 19.2 Å². The lowest BCUT2D eigenvalue weighted by atomic mass is 9.76. The van der Waals surface area contributed by atoms with Crippen molar-refractivity contribution in [3.05, 3.63) is 0 Å². The van der Waals surface area contributed by atoms with Gasteiger partial charge >= 0.3 is 0 Å². The molecule has 0 aromatic heterocycles. The molecule has 1 saturated carbocycles. The van der Waals surface area contributed by atoms with Gasteiger partial charge in [0.2, 0.25) is 5.91 Å². The molecule has 1 aliphatic carbocycles. The number of rotatable bonds is 2. The number of carbonyl (C=O) groups excluding carboxylic acids is 2. The molecule has 3 aliphatic rings. The van der Waals surface area contributed by atoms with Crippen LogP contribution >= 0.6 is 0 Å². The molecule has 4 heteroatoms. The standard InChI is InChI=1S/C16H26N2O2.C3H8.2C2H6/c1-11(19)16(2)5-7-18(8-6-16)15(20)14-12-3-4-13(14)10-17-9-12;1-3-2;2*1-2/h12-14,17H,3-10H2,1-2H3;3H2,1-2H3;2*1-2H3. The van der Waals surface area contributed by atoms with E-state index in [4.69, 9.17) is 0 Å². The minimum absolute atomic E-state index is 0.204. The lowest BCUT2D eigenvalue weighted by Gasteiger charge is -2.41. The Hall–Kier alpha value is -0.900. The molecule has 2 atom stereocenters. The molecule has 3 fully saturated rings. The molecule has 2 aliphatic heterocycles. The summed E-state index contributed by atoms with van der Waals surface area (Å²) in [4.78, 5) is 26.5. The number of nitrogens with one attached hydrogen (secondary N) is 1. The first-order valence-electron chi connectivity index (χ1n) is 11.4. The Morgan fingerprint density at radius 3 is 1.74 bits per heavy atom. The van der Waals surface area contributed by atoms with Gasteiger partial charge in [-0.05, 0) is 57.5 Å². The summed E-state index contributed by atoms with van der Waals surface area (Å²) in [5.41, 5.74) is -0.204. The summed E-state index contributed by atoms with van der Waals surface area (Å²) in [7, 11) is 0. The number of piperidine rings is 2. The topological polar surface area (TPSA) is 49.4 Å². The zero-order valence-electron chi connectivity index (χ0n) is 19.4. The Balaban J connectivity index is 0.000000860. The normalized spacial score (nSPS) is 27.7. The molecule has 2 saturated heterocycles. The molecular formula is C23H46N2O2. The van der Waals surface area contributed by atoms with Crippen molar-refractivity contribution in [2.45, 2.75) is 87.5 Å². The van der Waals surface area contributed by atoms with Gasteiger partial charge in [-0.2, -0.15) is 0 Å². The molecule has 4 nitrogen and oxygen atoms in total. The number of nitrogens with zero attached hydrogens (tertiary/aromatic N) is 1. The molecule has 2 unspecified atom stereocenters. The van der Waals surface area contributed by atoms with Crippen molar-refractivity contribution in [3.8, 4) is 0 Å². The first-order chi connectivity index (χ1) is 12.9. The molecule has 2 bridgehead atoms. The van der Waals surface area contributed by atoms with Gasteiger partial charge < -0.3 is 10.2 Å². The Kier molecular flexibility index (Phi) is 12.9. The lowest BCUT2D eigenvalue weighted by Crippen LogP contribution is -2.51. The fourth-order valence-corrected chi connectivity index (χ4v) is 4.27. The van der Waals surface area contributed by atoms with Crippen LogP contribution in [0.2, 0.25) is 0 Å². The second kappa shape index (κ2) is 13.3. The van der Waals surface area contributed by atoms with Crippen LogP contribution in [0, 0.1) is 23.2 Å². The predicted molar refractivity (Wildman–Crippen MR) is 116 cm³/mol. The zero-order chi connectivity index (χ0) is 21.0. The molecular weight excluding hydrogens is 336 g/mol. The molecule has 3 rings (SSSR count). The van der Waals surface area contributed by atoms with Crippen molar-refractivity contribution in [2.75, 3.05) is 26.2 Å². The summed E-state index contributed by atoms with van der Waals surface area (Å²) in [6.07, 6.45) is 5.31. The highest BCUT2D eigenvalue weighted by molar-refractivity contribution is 5.83. The highest BCUT2D eigenvalue weighted by Gasteiger charge is 2.46. The van der Waals surface area contributed by atoms with Crippen molar-refractivity contribution in [1.29, 1.82) is 0 Å². The monoisotopic (exact) mass is 382 g/mol. The van der Waals surface area contributed by atoms with Crippen LogP contribution in [-0.2, 0) is 9.59 Å². The van der Waals surface area contributed by atoms with E-state index in [1.165, 1.54) is 19.3 Å². The third-order valence-electron chi connectivity index (χ3n) is 6.05. The number of amides is 1. The van der Waals surface area contributed by atoms with Crippen LogP contribution in [0.3, 0.4) is 0 Å². The SMILES string of the molecule is CC.CC.CC(=O)C1(C)CCN(C(=O)C2C3CCC2CNC3)CC1.CCC. The van der Waals surface area contributed by atoms with Crippen LogP contribution in [0.5, 0.6) is 0 Å². The second-order valence-corrected chi connectivity index (χ2v) is 7.93. The third kappa shape index (κ3) is 6.89. The number of fused-ring (bicyclic) bond motifs is 2. The largest absolute Gasteiger partial charge is 0.342 e. The van der Waals surface area contributed by atoms with Gasteiger partial charge in [0.25, 0.3) is 0 Å². The highest BCUT2D eigenvalue weighted by atomic mass is 16.2. The van der Waals surface area contributed by atoms with E-state index < -0.39 is 0 Å². The van der Waals surface area contributed by atoms with Gasteiger partial charge in [-0.25, -0.2) is 0 Å². The molecule has 0 radical (unpaired) electrons. The Morgan fingerprint density at radius 2 is 1.37 bits per heavy atom. The fraction of sp³-hybridized carbons (Fsp3) is 0.913. The summed E-state index contributed by atoms with van der Waals surface area (Å²) >= 11 is 0. The average Bonchev–Trinajstić information content (AvgIpc) is 2.94. The van der Waals surface area contributed by atoms with Crippen molar-refractivity contribution in [2.24, 2.45) is 23.2 Å². The Morgan fingerprint density at radius 1 is 0.963 bits per heavy atom. The van der Waals surface area contributed by atoms with Crippen molar-refractivity contribution in [3.63, 3.8) is 0 Å². The van der Waals surface area contributed by atoms with Gasteiger partial charge in [0.1, 0.15) is 5.78 Å². The maximum Gasteiger partial charge on any atom is 0.226 e. The molecule has 1 amide bonds. The molecule has 160 valence electrons. The van der Waals surface area contributed by atoms with E-state index in [1.807, 2.05) is 39.5 Å². The van der Waals surface area contributed by atoms with Gasteiger partial charge in [-0.15, -0.1) is 0 Å². The number of ketones is 1. The molecule has 0 aromatic carbocycles. The summed E-state index contributed by atoms with van der Waals surface area (Å²) in [5, 5.41) is 3.45. The van der Waals surface area contributed by atoms with Crippen molar-refractivity contribution < 1.29 is 9.59 Å². The quantitative estimate of drug-likeness (QED) is 0.737. The van der Waals surface area contributed by atoms with Gasteiger partial charge in [-0.1, -0.05) is 54.9 Å². The van der Waals surface area contributed by atoms with E-state index in [0.29, 0.717) is 17.7 Å². The van der Waals surface area contributed by atoms with E-state index in [1.54, 1.807) is 6.92 Å². The van der Waals surface area contributed by atoms with Crippen LogP contribution in [-0.4, -0.2) is 42.8 Å². The highest BCUT2D eigenvalue weighted by Crippen LogP contribution is 2.41. The Bertz CT molecular complexity index is 412. The van der Waals surface area contributed by atoms with E-state index in [9.17, 15) is 9.59 Å². The number of Topliss-reactive ketones (excluding diaryl/α,β-unsaturated/α-hetero) is 1. The van der Waals surface area contributed by atoms with Crippen LogP contribution in [0.15, 0.2) is 0 Å².